The van der Waals surface area contributed by atoms with Crippen molar-refractivity contribution >= 4 is 40.2 Å². The molecule has 0 atom stereocenters. The molecule has 6 heteroatoms. The first kappa shape index (κ1) is 17.4. The highest BCUT2D eigenvalue weighted by Crippen LogP contribution is 2.22. The normalized spacial score (nSPS) is 10.5. The molecule has 0 fully saturated rings. The summed E-state index contributed by atoms with van der Waals surface area (Å²) in [5.41, 5.74) is 2.98. The van der Waals surface area contributed by atoms with Crippen LogP contribution in [0.4, 0.5) is 10.5 Å². The van der Waals surface area contributed by atoms with Crippen molar-refractivity contribution < 1.29 is 9.59 Å². The van der Waals surface area contributed by atoms with Crippen molar-refractivity contribution in [2.45, 2.75) is 20.4 Å². The second kappa shape index (κ2) is 7.63. The molecule has 0 saturated carbocycles. The molecule has 128 valence electrons. The fourth-order valence-corrected chi connectivity index (χ4v) is 4.16. The largest absolute Gasteiger partial charge is 0.333 e. The van der Waals surface area contributed by atoms with Gasteiger partial charge in [-0.05, 0) is 60.7 Å². The Morgan fingerprint density at radius 3 is 2.44 bits per heavy atom. The lowest BCUT2D eigenvalue weighted by Gasteiger charge is -2.08. The van der Waals surface area contributed by atoms with Gasteiger partial charge in [0.05, 0.1) is 16.3 Å². The minimum absolute atomic E-state index is 0.0333. The van der Waals surface area contributed by atoms with Crippen LogP contribution in [0.3, 0.4) is 0 Å². The van der Waals surface area contributed by atoms with Gasteiger partial charge in [0.2, 0.25) is 5.78 Å². The predicted octanol–water partition coefficient (Wildman–Crippen LogP) is 4.98. The summed E-state index contributed by atoms with van der Waals surface area (Å²) >= 11 is 2.84. The standard InChI is InChI=1S/C19H18N2O2S2/c1-12-8-13(2)10-14(9-12)21-19(23)20-11-15-5-6-17(25-15)18(22)16-4-3-7-24-16/h3-10H,11H2,1-2H3,(H2,20,21,23). The first-order valence-electron chi connectivity index (χ1n) is 7.81. The SMILES string of the molecule is Cc1cc(C)cc(NC(=O)NCc2ccc(C(=O)c3cccs3)s2)c1. The number of hydrogen-bond acceptors (Lipinski definition) is 4. The number of urea groups is 1. The molecule has 1 aromatic carbocycles. The van der Waals surface area contributed by atoms with Gasteiger partial charge in [-0.3, -0.25) is 4.79 Å². The topological polar surface area (TPSA) is 58.2 Å². The molecule has 0 aliphatic carbocycles. The highest BCUT2D eigenvalue weighted by atomic mass is 32.1. The van der Waals surface area contributed by atoms with Gasteiger partial charge in [-0.2, -0.15) is 0 Å². The Balaban J connectivity index is 1.57. The van der Waals surface area contributed by atoms with Gasteiger partial charge in [0, 0.05) is 10.6 Å². The maximum atomic E-state index is 12.3. The number of benzene rings is 1. The van der Waals surface area contributed by atoms with Crippen LogP contribution in [0, 0.1) is 13.8 Å². The third-order valence-electron chi connectivity index (χ3n) is 3.53. The molecular formula is C19H18N2O2S2. The van der Waals surface area contributed by atoms with E-state index in [-0.39, 0.29) is 11.8 Å². The molecule has 0 spiro atoms. The van der Waals surface area contributed by atoms with E-state index >= 15 is 0 Å². The highest BCUT2D eigenvalue weighted by Gasteiger charge is 2.13. The summed E-state index contributed by atoms with van der Waals surface area (Å²) in [5, 5.41) is 7.55. The Hall–Kier alpha value is -2.44. The van der Waals surface area contributed by atoms with Crippen molar-refractivity contribution in [3.63, 3.8) is 0 Å². The van der Waals surface area contributed by atoms with Crippen molar-refractivity contribution in [2.24, 2.45) is 0 Å². The molecule has 3 aromatic rings. The molecule has 4 nitrogen and oxygen atoms in total. The molecule has 2 N–H and O–H groups in total. The van der Waals surface area contributed by atoms with E-state index in [2.05, 4.69) is 16.7 Å². The van der Waals surface area contributed by atoms with Crippen molar-refractivity contribution in [3.8, 4) is 0 Å². The zero-order valence-corrected chi connectivity index (χ0v) is 15.6. The summed E-state index contributed by atoms with van der Waals surface area (Å²) in [5.74, 6) is 0.0333. The van der Waals surface area contributed by atoms with Crippen molar-refractivity contribution in [1.29, 1.82) is 0 Å². The quantitative estimate of drug-likeness (QED) is 0.622. The van der Waals surface area contributed by atoms with Gasteiger partial charge in [-0.1, -0.05) is 12.1 Å². The molecule has 0 aliphatic heterocycles. The van der Waals surface area contributed by atoms with E-state index in [1.807, 2.05) is 55.6 Å². The summed E-state index contributed by atoms with van der Waals surface area (Å²) in [6.07, 6.45) is 0. The van der Waals surface area contributed by atoms with Crippen molar-refractivity contribution in [2.75, 3.05) is 5.32 Å². The van der Waals surface area contributed by atoms with Crippen LogP contribution in [0.5, 0.6) is 0 Å². The first-order chi connectivity index (χ1) is 12.0. The van der Waals surface area contributed by atoms with Crippen LogP contribution < -0.4 is 10.6 Å². The summed E-state index contributed by atoms with van der Waals surface area (Å²) in [6, 6.07) is 13.0. The van der Waals surface area contributed by atoms with E-state index in [4.69, 9.17) is 0 Å². The number of anilines is 1. The molecule has 2 heterocycles. The molecular weight excluding hydrogens is 352 g/mol. The number of thiophene rings is 2. The van der Waals surface area contributed by atoms with Crippen molar-refractivity contribution in [1.82, 2.24) is 5.32 Å². The molecule has 25 heavy (non-hydrogen) atoms. The zero-order valence-electron chi connectivity index (χ0n) is 14.0. The van der Waals surface area contributed by atoms with Crippen LogP contribution in [0.25, 0.3) is 0 Å². The average Bonchev–Trinajstić information content (AvgIpc) is 3.23. The molecule has 0 unspecified atom stereocenters. The Bertz CT molecular complexity index is 878. The maximum Gasteiger partial charge on any atom is 0.319 e. The van der Waals surface area contributed by atoms with Gasteiger partial charge < -0.3 is 10.6 Å². The second-order valence-corrected chi connectivity index (χ2v) is 7.87. The third-order valence-corrected chi connectivity index (χ3v) is 5.49. The molecule has 3 rings (SSSR count). The van der Waals surface area contributed by atoms with E-state index in [9.17, 15) is 9.59 Å². The summed E-state index contributed by atoms with van der Waals surface area (Å²) in [4.78, 5) is 26.7. The van der Waals surface area contributed by atoms with E-state index in [1.54, 1.807) is 0 Å². The van der Waals surface area contributed by atoms with Crippen LogP contribution in [0.15, 0.2) is 47.8 Å². The van der Waals surface area contributed by atoms with Gasteiger partial charge in [0.25, 0.3) is 0 Å². The summed E-state index contributed by atoms with van der Waals surface area (Å²) in [7, 11) is 0. The molecule has 0 radical (unpaired) electrons. The van der Waals surface area contributed by atoms with E-state index in [0.717, 1.165) is 26.6 Å². The van der Waals surface area contributed by atoms with Gasteiger partial charge in [0.15, 0.2) is 0 Å². The number of aryl methyl sites for hydroxylation is 2. The van der Waals surface area contributed by atoms with Crippen molar-refractivity contribution in [3.05, 3.63) is 73.6 Å². The Labute approximate surface area is 154 Å². The van der Waals surface area contributed by atoms with Crippen LogP contribution in [-0.2, 0) is 6.54 Å². The van der Waals surface area contributed by atoms with E-state index in [1.165, 1.54) is 22.7 Å². The lowest BCUT2D eigenvalue weighted by Crippen LogP contribution is -2.27. The number of amides is 2. The monoisotopic (exact) mass is 370 g/mol. The van der Waals surface area contributed by atoms with E-state index < -0.39 is 0 Å². The number of rotatable bonds is 5. The van der Waals surface area contributed by atoms with E-state index in [0.29, 0.717) is 11.4 Å². The summed E-state index contributed by atoms with van der Waals surface area (Å²) < 4.78 is 0. The number of ketones is 1. The third kappa shape index (κ3) is 4.55. The highest BCUT2D eigenvalue weighted by molar-refractivity contribution is 7.16. The number of hydrogen-bond donors (Lipinski definition) is 2. The smallest absolute Gasteiger partial charge is 0.319 e. The van der Waals surface area contributed by atoms with Gasteiger partial charge in [-0.25, -0.2) is 4.79 Å². The fourth-order valence-electron chi connectivity index (χ4n) is 2.51. The zero-order chi connectivity index (χ0) is 17.8. The molecule has 0 bridgehead atoms. The van der Waals surface area contributed by atoms with Gasteiger partial charge in [-0.15, -0.1) is 22.7 Å². The predicted molar refractivity (Wildman–Crippen MR) is 104 cm³/mol. The Morgan fingerprint density at radius 1 is 1.00 bits per heavy atom. The van der Waals surface area contributed by atoms with Crippen LogP contribution in [0.1, 0.15) is 30.6 Å². The molecule has 0 aliphatic rings. The van der Waals surface area contributed by atoms with Crippen LogP contribution in [0.2, 0.25) is 0 Å². The maximum absolute atomic E-state index is 12.3. The number of carbonyl (C=O) groups excluding carboxylic acids is 2. The molecule has 0 saturated heterocycles. The second-order valence-electron chi connectivity index (χ2n) is 5.76. The number of nitrogens with one attached hydrogen (secondary N) is 2. The minimum Gasteiger partial charge on any atom is -0.333 e. The Morgan fingerprint density at radius 2 is 1.76 bits per heavy atom. The van der Waals surface area contributed by atoms with Crippen LogP contribution >= 0.6 is 22.7 Å². The van der Waals surface area contributed by atoms with Gasteiger partial charge in [0.1, 0.15) is 0 Å². The lowest BCUT2D eigenvalue weighted by molar-refractivity contribution is 0.104. The minimum atomic E-state index is -0.260. The molecule has 2 aromatic heterocycles. The molecule has 2 amide bonds. The summed E-state index contributed by atoms with van der Waals surface area (Å²) in [6.45, 7) is 4.38. The van der Waals surface area contributed by atoms with Gasteiger partial charge >= 0.3 is 6.03 Å². The first-order valence-corrected chi connectivity index (χ1v) is 9.51. The number of carbonyl (C=O) groups is 2. The average molecular weight is 370 g/mol. The Kier molecular flexibility index (Phi) is 5.31. The van der Waals surface area contributed by atoms with Crippen LogP contribution in [-0.4, -0.2) is 11.8 Å². The fraction of sp³-hybridized carbons (Fsp3) is 0.158. The lowest BCUT2D eigenvalue weighted by atomic mass is 10.1.